The van der Waals surface area contributed by atoms with E-state index in [9.17, 15) is 0 Å². The van der Waals surface area contributed by atoms with E-state index in [1.165, 1.54) is 130 Å². The van der Waals surface area contributed by atoms with Gasteiger partial charge in [-0.05, 0) is 124 Å². The summed E-state index contributed by atoms with van der Waals surface area (Å²) in [7, 11) is 0. The number of rotatable bonds is 5. The van der Waals surface area contributed by atoms with E-state index >= 15 is 0 Å². The van der Waals surface area contributed by atoms with Gasteiger partial charge in [-0.1, -0.05) is 200 Å². The predicted molar refractivity (Wildman–Crippen MR) is 285 cm³/mol. The molecule has 0 spiro atoms. The van der Waals surface area contributed by atoms with Crippen molar-refractivity contribution in [2.75, 3.05) is 0 Å². The first-order valence-electron chi connectivity index (χ1n) is 22.8. The highest BCUT2D eigenvalue weighted by Gasteiger charge is 2.23. The van der Waals surface area contributed by atoms with Crippen molar-refractivity contribution >= 4 is 96.4 Å². The van der Waals surface area contributed by atoms with Gasteiger partial charge in [0.15, 0.2) is 0 Å². The van der Waals surface area contributed by atoms with Crippen molar-refractivity contribution in [1.29, 1.82) is 0 Å². The van der Waals surface area contributed by atoms with Gasteiger partial charge in [0, 0.05) is 36.6 Å². The minimum Gasteiger partial charge on any atom is -0.309 e. The van der Waals surface area contributed by atoms with Gasteiger partial charge in [0.25, 0.3) is 0 Å². The Morgan fingerprint density at radius 1 is 0.258 bits per heavy atom. The molecule has 2 heteroatoms. The van der Waals surface area contributed by atoms with E-state index in [0.29, 0.717) is 0 Å². The van der Waals surface area contributed by atoms with Crippen LogP contribution in [0.5, 0.6) is 0 Å². The maximum absolute atomic E-state index is 2.46. The molecular formula is C64H39NS. The number of aromatic nitrogens is 1. The highest BCUT2D eigenvalue weighted by Crippen LogP contribution is 2.51. The molecule has 2 heterocycles. The Morgan fingerprint density at radius 3 is 1.27 bits per heavy atom. The molecule has 0 amide bonds. The van der Waals surface area contributed by atoms with Gasteiger partial charge < -0.3 is 4.57 Å². The van der Waals surface area contributed by atoms with E-state index in [1.54, 1.807) is 0 Å². The number of thiophene rings is 1. The van der Waals surface area contributed by atoms with Crippen molar-refractivity contribution in [3.8, 4) is 50.2 Å². The second-order valence-corrected chi connectivity index (χ2v) is 18.5. The van der Waals surface area contributed by atoms with Gasteiger partial charge in [-0.2, -0.15) is 0 Å². The average molecular weight is 854 g/mol. The Labute approximate surface area is 385 Å². The second kappa shape index (κ2) is 14.6. The lowest BCUT2D eigenvalue weighted by Gasteiger charge is -2.19. The molecule has 0 fully saturated rings. The molecule has 12 aromatic carbocycles. The number of fused-ring (bicyclic) bond motifs is 10. The van der Waals surface area contributed by atoms with Crippen LogP contribution >= 0.6 is 11.3 Å². The molecule has 0 unspecified atom stereocenters. The number of hydrogen-bond acceptors (Lipinski definition) is 1. The lowest BCUT2D eigenvalue weighted by atomic mass is 9.84. The summed E-state index contributed by atoms with van der Waals surface area (Å²) in [5, 5.41) is 15.3. The summed E-state index contributed by atoms with van der Waals surface area (Å²) >= 11 is 1.90. The summed E-state index contributed by atoms with van der Waals surface area (Å²) in [6.45, 7) is 0. The molecule has 66 heavy (non-hydrogen) atoms. The zero-order valence-corrected chi connectivity index (χ0v) is 36.7. The fraction of sp³-hybridized carbons (Fsp3) is 0. The van der Waals surface area contributed by atoms with Crippen molar-refractivity contribution < 1.29 is 0 Å². The zero-order chi connectivity index (χ0) is 43.3. The van der Waals surface area contributed by atoms with Crippen molar-refractivity contribution in [3.63, 3.8) is 0 Å². The number of para-hydroxylation sites is 2. The first-order valence-corrected chi connectivity index (χ1v) is 23.6. The standard InChI is InChI=1S/C64H39NS/c1-3-19-40(20-4-1)59-43-23-7-11-27-47(43)62(48-28-12-8-24-44(48)59)54-33-18-36-57-64(54)52-38-37-41(39-58(52)66-57)60-45-25-9-13-29-49(45)61(50-30-14-10-26-46(50)60)53-32-17-35-56-63(53)51-31-15-16-34-55(51)65(56)42-21-5-2-6-22-42/h1-39H. The van der Waals surface area contributed by atoms with E-state index in [0.717, 1.165) is 5.69 Å². The van der Waals surface area contributed by atoms with Gasteiger partial charge in [0.05, 0.1) is 11.0 Å². The summed E-state index contributed by atoms with van der Waals surface area (Å²) < 4.78 is 5.01. The molecule has 0 aliphatic heterocycles. The minimum atomic E-state index is 1.16. The Bertz CT molecular complexity index is 4160. The smallest absolute Gasteiger partial charge is 0.0547 e. The van der Waals surface area contributed by atoms with Crippen LogP contribution in [0.15, 0.2) is 237 Å². The molecular weight excluding hydrogens is 815 g/mol. The summed E-state index contributed by atoms with van der Waals surface area (Å²) in [5.74, 6) is 0. The molecule has 2 aromatic heterocycles. The molecule has 14 rings (SSSR count). The van der Waals surface area contributed by atoms with E-state index < -0.39 is 0 Å². The minimum absolute atomic E-state index is 1.16. The highest BCUT2D eigenvalue weighted by molar-refractivity contribution is 7.26. The Hall–Kier alpha value is -8.30. The third kappa shape index (κ3) is 5.40. The van der Waals surface area contributed by atoms with Gasteiger partial charge in [0.2, 0.25) is 0 Å². The summed E-state index contributed by atoms with van der Waals surface area (Å²) in [6, 6.07) is 87.6. The van der Waals surface area contributed by atoms with Crippen molar-refractivity contribution in [2.45, 2.75) is 0 Å². The fourth-order valence-corrected chi connectivity index (χ4v) is 12.5. The summed E-state index contributed by atoms with van der Waals surface area (Å²) in [6.07, 6.45) is 0. The van der Waals surface area contributed by atoms with Gasteiger partial charge in [-0.3, -0.25) is 0 Å². The van der Waals surface area contributed by atoms with Crippen LogP contribution in [0.3, 0.4) is 0 Å². The normalized spacial score (nSPS) is 11.9. The third-order valence-corrected chi connectivity index (χ3v) is 15.1. The molecule has 0 N–H and O–H groups in total. The number of hydrogen-bond donors (Lipinski definition) is 0. The SMILES string of the molecule is c1ccc(-c2c3ccccc3c(-c3cccc4sc5cc(-c6c7ccccc7c(-c7cccc8c7c7ccccc7n8-c7ccccc7)c7ccccc67)ccc5c34)c3ccccc23)cc1. The van der Waals surface area contributed by atoms with E-state index in [-0.39, 0.29) is 0 Å². The molecule has 0 saturated carbocycles. The third-order valence-electron chi connectivity index (χ3n) is 14.0. The van der Waals surface area contributed by atoms with E-state index in [1.807, 2.05) is 11.3 Å². The fourth-order valence-electron chi connectivity index (χ4n) is 11.3. The highest BCUT2D eigenvalue weighted by atomic mass is 32.1. The van der Waals surface area contributed by atoms with Crippen LogP contribution in [0.4, 0.5) is 0 Å². The second-order valence-electron chi connectivity index (χ2n) is 17.4. The van der Waals surface area contributed by atoms with Crippen LogP contribution in [-0.2, 0) is 0 Å². The van der Waals surface area contributed by atoms with Gasteiger partial charge >= 0.3 is 0 Å². The first kappa shape index (κ1) is 37.1. The van der Waals surface area contributed by atoms with Crippen LogP contribution in [0.2, 0.25) is 0 Å². The molecule has 0 atom stereocenters. The molecule has 0 aliphatic rings. The van der Waals surface area contributed by atoms with Crippen molar-refractivity contribution in [1.82, 2.24) is 4.57 Å². The summed E-state index contributed by atoms with van der Waals surface area (Å²) in [4.78, 5) is 0. The van der Waals surface area contributed by atoms with Crippen molar-refractivity contribution in [3.05, 3.63) is 237 Å². The summed E-state index contributed by atoms with van der Waals surface area (Å²) in [5.41, 5.74) is 13.7. The van der Waals surface area contributed by atoms with Gasteiger partial charge in [-0.15, -0.1) is 11.3 Å². The van der Waals surface area contributed by atoms with Crippen LogP contribution in [-0.4, -0.2) is 4.57 Å². The Balaban J connectivity index is 1.00. The number of benzene rings is 12. The monoisotopic (exact) mass is 853 g/mol. The van der Waals surface area contributed by atoms with E-state index in [2.05, 4.69) is 241 Å². The first-order chi connectivity index (χ1) is 32.8. The predicted octanol–water partition coefficient (Wildman–Crippen LogP) is 18.4. The lowest BCUT2D eigenvalue weighted by molar-refractivity contribution is 1.18. The average Bonchev–Trinajstić information content (AvgIpc) is 3.93. The van der Waals surface area contributed by atoms with E-state index in [4.69, 9.17) is 0 Å². The number of nitrogens with zero attached hydrogens (tertiary/aromatic N) is 1. The maximum Gasteiger partial charge on any atom is 0.0547 e. The van der Waals surface area contributed by atoms with Gasteiger partial charge in [-0.25, -0.2) is 0 Å². The molecule has 306 valence electrons. The van der Waals surface area contributed by atoms with Crippen molar-refractivity contribution in [2.24, 2.45) is 0 Å². The molecule has 1 nitrogen and oxygen atoms in total. The topological polar surface area (TPSA) is 4.93 Å². The molecule has 14 aromatic rings. The zero-order valence-electron chi connectivity index (χ0n) is 35.9. The largest absolute Gasteiger partial charge is 0.309 e. The Kier molecular flexibility index (Phi) is 8.22. The molecule has 0 saturated heterocycles. The molecule has 0 bridgehead atoms. The van der Waals surface area contributed by atoms with Gasteiger partial charge in [0.1, 0.15) is 0 Å². The molecule has 0 aliphatic carbocycles. The maximum atomic E-state index is 2.46. The van der Waals surface area contributed by atoms with Crippen LogP contribution < -0.4 is 0 Å². The molecule has 0 radical (unpaired) electrons. The quantitative estimate of drug-likeness (QED) is 0.152. The lowest BCUT2D eigenvalue weighted by Crippen LogP contribution is -1.93. The Morgan fingerprint density at radius 2 is 0.697 bits per heavy atom. The van der Waals surface area contributed by atoms with Crippen LogP contribution in [0.25, 0.3) is 135 Å². The van der Waals surface area contributed by atoms with Crippen LogP contribution in [0, 0.1) is 0 Å². The van der Waals surface area contributed by atoms with Crippen LogP contribution in [0.1, 0.15) is 0 Å².